The third-order valence-electron chi connectivity index (χ3n) is 7.43. The van der Waals surface area contributed by atoms with Gasteiger partial charge in [-0.25, -0.2) is 9.18 Å². The number of thioether (sulfide) groups is 2. The predicted molar refractivity (Wildman–Crippen MR) is 173 cm³/mol. The number of benzene rings is 3. The van der Waals surface area contributed by atoms with E-state index < -0.39 is 23.3 Å². The predicted octanol–water partition coefficient (Wildman–Crippen LogP) is 5.69. The van der Waals surface area contributed by atoms with E-state index in [9.17, 15) is 18.8 Å². The Labute approximate surface area is 272 Å². The summed E-state index contributed by atoms with van der Waals surface area (Å²) in [6.45, 7) is 4.13. The number of rotatable bonds is 11. The van der Waals surface area contributed by atoms with Gasteiger partial charge in [-0.05, 0) is 54.1 Å². The van der Waals surface area contributed by atoms with Gasteiger partial charge in [-0.1, -0.05) is 42.1 Å². The van der Waals surface area contributed by atoms with Crippen LogP contribution in [0.1, 0.15) is 11.3 Å². The summed E-state index contributed by atoms with van der Waals surface area (Å²) in [7, 11) is 1.56. The smallest absolute Gasteiger partial charge is 0.355 e. The van der Waals surface area contributed by atoms with Gasteiger partial charge >= 0.3 is 5.97 Å². The molecule has 2 aliphatic rings. The third-order valence-corrected chi connectivity index (χ3v) is 9.72. The minimum atomic E-state index is -0.802. The molecule has 2 amide bonds. The van der Waals surface area contributed by atoms with Crippen molar-refractivity contribution in [2.24, 2.45) is 0 Å². The van der Waals surface area contributed by atoms with Gasteiger partial charge in [0, 0.05) is 33.4 Å². The van der Waals surface area contributed by atoms with Crippen LogP contribution >= 0.6 is 23.5 Å². The molecule has 0 unspecified atom stereocenters. The number of fused-ring (bicyclic) bond motifs is 1. The van der Waals surface area contributed by atoms with Gasteiger partial charge in [0.2, 0.25) is 5.91 Å². The number of carbonyl (C=O) groups excluding carboxylic acids is 3. The first-order valence-corrected chi connectivity index (χ1v) is 16.2. The first-order valence-electron chi connectivity index (χ1n) is 14.2. The quantitative estimate of drug-likeness (QED) is 0.124. The van der Waals surface area contributed by atoms with Crippen LogP contribution in [0.4, 0.5) is 4.39 Å². The zero-order valence-corrected chi connectivity index (χ0v) is 26.2. The molecule has 0 spiro atoms. The fourth-order valence-corrected chi connectivity index (χ4v) is 7.10. The minimum absolute atomic E-state index is 0.0381. The molecule has 2 aliphatic heterocycles. The fraction of sp³-hybridized carbons (Fsp3) is 0.176. The average molecular weight is 658 g/mol. The topological polar surface area (TPSA) is 111 Å². The standard InChI is InChI=1S/C34H28FN3O6S2/c1-20(28-16-27(37-44-28)22-10-12-23(35)13-11-22)26-18-46-33-30(36-29(39)19-45-25-6-4-3-5-7-25)32(40)38(33)31(26)34(41)43-17-21-8-14-24(42-2)15-9-21/h3-16,30,33H,1,17-19H2,2H3,(H,36,39)/t30-,33-/m1/s1. The lowest BCUT2D eigenvalue weighted by Gasteiger charge is -2.49. The normalized spacial score (nSPS) is 17.2. The molecule has 1 fully saturated rings. The number of ether oxygens (including phenoxy) is 2. The van der Waals surface area contributed by atoms with Crippen molar-refractivity contribution in [2.45, 2.75) is 22.9 Å². The molecule has 0 radical (unpaired) electrons. The molecule has 46 heavy (non-hydrogen) atoms. The van der Waals surface area contributed by atoms with E-state index in [1.807, 2.05) is 30.3 Å². The number of nitrogens with one attached hydrogen (secondary N) is 1. The van der Waals surface area contributed by atoms with Gasteiger partial charge in [-0.3, -0.25) is 14.5 Å². The van der Waals surface area contributed by atoms with E-state index in [0.29, 0.717) is 28.2 Å². The SMILES string of the molecule is C=C(C1=C(C(=O)OCc2ccc(OC)cc2)N2C(=O)[C@@H](NC(=O)CSc3ccccc3)[C@H]2SC1)c1cc(-c2ccc(F)cc2)no1. The first kappa shape index (κ1) is 31.2. The first-order chi connectivity index (χ1) is 22.3. The van der Waals surface area contributed by atoms with Gasteiger partial charge < -0.3 is 19.3 Å². The van der Waals surface area contributed by atoms with Crippen molar-refractivity contribution >= 4 is 46.9 Å². The van der Waals surface area contributed by atoms with Gasteiger partial charge in [-0.2, -0.15) is 0 Å². The Morgan fingerprint density at radius 3 is 2.57 bits per heavy atom. The van der Waals surface area contributed by atoms with Gasteiger partial charge in [0.1, 0.15) is 41.0 Å². The average Bonchev–Trinajstić information content (AvgIpc) is 3.59. The van der Waals surface area contributed by atoms with Crippen LogP contribution in [0.3, 0.4) is 0 Å². The van der Waals surface area contributed by atoms with Crippen molar-refractivity contribution in [3.63, 3.8) is 0 Å². The Morgan fingerprint density at radius 2 is 1.85 bits per heavy atom. The van der Waals surface area contributed by atoms with E-state index in [0.717, 1.165) is 10.5 Å². The van der Waals surface area contributed by atoms with E-state index in [2.05, 4.69) is 17.1 Å². The number of carbonyl (C=O) groups is 3. The molecular formula is C34H28FN3O6S2. The van der Waals surface area contributed by atoms with Gasteiger partial charge in [0.15, 0.2) is 5.76 Å². The second-order valence-electron chi connectivity index (χ2n) is 10.4. The summed E-state index contributed by atoms with van der Waals surface area (Å²) in [5.41, 5.74) is 2.65. The highest BCUT2D eigenvalue weighted by Gasteiger charge is 2.54. The van der Waals surface area contributed by atoms with Crippen LogP contribution in [-0.2, 0) is 25.7 Å². The van der Waals surface area contributed by atoms with Crippen molar-refractivity contribution in [1.82, 2.24) is 15.4 Å². The third kappa shape index (κ3) is 6.58. The van der Waals surface area contributed by atoms with Gasteiger partial charge in [-0.15, -0.1) is 23.5 Å². The summed E-state index contributed by atoms with van der Waals surface area (Å²) in [6.07, 6.45) is 0. The Morgan fingerprint density at radius 1 is 1.11 bits per heavy atom. The molecular weight excluding hydrogens is 630 g/mol. The number of methoxy groups -OCH3 is 1. The van der Waals surface area contributed by atoms with Crippen LogP contribution in [0.5, 0.6) is 5.75 Å². The number of hydrogen-bond donors (Lipinski definition) is 1. The maximum absolute atomic E-state index is 13.7. The molecule has 3 heterocycles. The van der Waals surface area contributed by atoms with Crippen LogP contribution in [-0.4, -0.2) is 57.9 Å². The number of amides is 2. The molecule has 12 heteroatoms. The Hall–Kier alpha value is -4.81. The van der Waals surface area contributed by atoms with Crippen LogP contribution in [0.15, 0.2) is 112 Å². The molecule has 6 rings (SSSR count). The van der Waals surface area contributed by atoms with Crippen LogP contribution in [0.2, 0.25) is 0 Å². The van der Waals surface area contributed by atoms with Gasteiger partial charge in [0.05, 0.1) is 12.9 Å². The number of esters is 1. The Kier molecular flexibility index (Phi) is 9.27. The van der Waals surface area contributed by atoms with E-state index in [1.54, 1.807) is 49.6 Å². The molecule has 0 aliphatic carbocycles. The lowest BCUT2D eigenvalue weighted by Crippen LogP contribution is -2.70. The van der Waals surface area contributed by atoms with Crippen molar-refractivity contribution in [2.75, 3.05) is 18.6 Å². The number of aromatic nitrogens is 1. The minimum Gasteiger partial charge on any atom is -0.497 e. The van der Waals surface area contributed by atoms with E-state index in [1.165, 1.54) is 40.6 Å². The number of β-lactam (4-membered cyclic amide) rings is 1. The van der Waals surface area contributed by atoms with E-state index in [-0.39, 0.29) is 41.3 Å². The molecule has 234 valence electrons. The fourth-order valence-electron chi connectivity index (χ4n) is 4.98. The summed E-state index contributed by atoms with van der Waals surface area (Å²) in [5.74, 6) is -0.432. The van der Waals surface area contributed by atoms with Crippen LogP contribution in [0.25, 0.3) is 16.8 Å². The zero-order chi connectivity index (χ0) is 32.2. The summed E-state index contributed by atoms with van der Waals surface area (Å²) in [6, 6.07) is 23.2. The number of allylic oxidation sites excluding steroid dienone is 1. The molecule has 2 atom stereocenters. The lowest BCUT2D eigenvalue weighted by atomic mass is 9.98. The lowest BCUT2D eigenvalue weighted by molar-refractivity contribution is -0.153. The maximum atomic E-state index is 13.7. The highest BCUT2D eigenvalue weighted by atomic mass is 32.2. The highest BCUT2D eigenvalue weighted by molar-refractivity contribution is 8.00. The summed E-state index contributed by atoms with van der Waals surface area (Å²) in [5, 5.41) is 6.41. The zero-order valence-electron chi connectivity index (χ0n) is 24.6. The monoisotopic (exact) mass is 657 g/mol. The molecule has 0 saturated carbocycles. The van der Waals surface area contributed by atoms with E-state index in [4.69, 9.17) is 14.0 Å². The largest absolute Gasteiger partial charge is 0.497 e. The number of hydrogen-bond acceptors (Lipinski definition) is 9. The van der Waals surface area contributed by atoms with Crippen molar-refractivity contribution < 1.29 is 32.8 Å². The molecule has 0 bridgehead atoms. The Balaban J connectivity index is 1.23. The maximum Gasteiger partial charge on any atom is 0.355 e. The second kappa shape index (κ2) is 13.7. The molecule has 1 N–H and O–H groups in total. The van der Waals surface area contributed by atoms with Gasteiger partial charge in [0.25, 0.3) is 5.91 Å². The van der Waals surface area contributed by atoms with Crippen molar-refractivity contribution in [3.05, 3.63) is 120 Å². The molecule has 1 saturated heterocycles. The molecule has 3 aromatic carbocycles. The summed E-state index contributed by atoms with van der Waals surface area (Å²) in [4.78, 5) is 42.3. The molecule has 4 aromatic rings. The van der Waals surface area contributed by atoms with Crippen LogP contribution < -0.4 is 10.1 Å². The molecule has 9 nitrogen and oxygen atoms in total. The van der Waals surface area contributed by atoms with Crippen molar-refractivity contribution in [1.29, 1.82) is 0 Å². The van der Waals surface area contributed by atoms with Crippen LogP contribution in [0, 0.1) is 5.82 Å². The Bertz CT molecular complexity index is 1810. The van der Waals surface area contributed by atoms with E-state index >= 15 is 0 Å². The van der Waals surface area contributed by atoms with Crippen molar-refractivity contribution in [3.8, 4) is 17.0 Å². The highest BCUT2D eigenvalue weighted by Crippen LogP contribution is 2.44. The summed E-state index contributed by atoms with van der Waals surface area (Å²) < 4.78 is 29.9. The number of halogens is 1. The summed E-state index contributed by atoms with van der Waals surface area (Å²) >= 11 is 2.77. The second-order valence-corrected chi connectivity index (χ2v) is 12.5. The number of nitrogens with zero attached hydrogens (tertiary/aromatic N) is 2. The molecule has 1 aromatic heterocycles.